The van der Waals surface area contributed by atoms with Gasteiger partial charge in [-0.3, -0.25) is 4.79 Å². The van der Waals surface area contributed by atoms with Crippen LogP contribution in [0.15, 0.2) is 63.7 Å². The molecule has 1 aliphatic heterocycles. The molecule has 2 aromatic carbocycles. The van der Waals surface area contributed by atoms with Gasteiger partial charge in [0.05, 0.1) is 0 Å². The molecule has 1 aliphatic rings. The van der Waals surface area contributed by atoms with Crippen LogP contribution in [0.3, 0.4) is 0 Å². The summed E-state index contributed by atoms with van der Waals surface area (Å²) in [5.41, 5.74) is 1.67. The van der Waals surface area contributed by atoms with E-state index in [1.807, 2.05) is 24.3 Å². The van der Waals surface area contributed by atoms with Crippen LogP contribution in [0.4, 0.5) is 0 Å². The van der Waals surface area contributed by atoms with Crippen LogP contribution in [-0.4, -0.2) is 17.8 Å². The minimum Gasteiger partial charge on any atom is -0.427 e. The van der Waals surface area contributed by atoms with E-state index in [1.54, 1.807) is 30.3 Å². The largest absolute Gasteiger partial charge is 0.427 e. The SMILES string of the molecule is CC(=O)Oc1ccc(C=C2N=C(c3cccc(Br)c3)OC2=O)cc1. The number of benzene rings is 2. The highest BCUT2D eigenvalue weighted by Gasteiger charge is 2.24. The Hall–Kier alpha value is -2.73. The van der Waals surface area contributed by atoms with E-state index in [9.17, 15) is 9.59 Å². The van der Waals surface area contributed by atoms with Crippen molar-refractivity contribution in [3.05, 3.63) is 69.8 Å². The van der Waals surface area contributed by atoms with Gasteiger partial charge in [-0.1, -0.05) is 34.1 Å². The van der Waals surface area contributed by atoms with Crippen LogP contribution < -0.4 is 4.74 Å². The number of hydrogen-bond donors (Lipinski definition) is 0. The molecule has 0 saturated carbocycles. The number of carbonyl (C=O) groups excluding carboxylic acids is 2. The van der Waals surface area contributed by atoms with Gasteiger partial charge < -0.3 is 9.47 Å². The smallest absolute Gasteiger partial charge is 0.363 e. The molecule has 0 spiro atoms. The van der Waals surface area contributed by atoms with Crippen LogP contribution in [0.2, 0.25) is 0 Å². The fraction of sp³-hybridized carbons (Fsp3) is 0.0556. The summed E-state index contributed by atoms with van der Waals surface area (Å²) < 4.78 is 11.1. The Kier molecular flexibility index (Phi) is 4.57. The molecule has 3 rings (SSSR count). The van der Waals surface area contributed by atoms with Crippen molar-refractivity contribution in [2.45, 2.75) is 6.92 Å². The summed E-state index contributed by atoms with van der Waals surface area (Å²) in [4.78, 5) is 27.1. The minimum atomic E-state index is -0.506. The molecule has 2 aromatic rings. The summed E-state index contributed by atoms with van der Waals surface area (Å²) in [7, 11) is 0. The third-order valence-electron chi connectivity index (χ3n) is 3.14. The molecule has 0 atom stereocenters. The molecule has 0 unspecified atom stereocenters. The van der Waals surface area contributed by atoms with Crippen LogP contribution in [0, 0.1) is 0 Å². The Morgan fingerprint density at radius 3 is 2.62 bits per heavy atom. The zero-order valence-electron chi connectivity index (χ0n) is 12.7. The summed E-state index contributed by atoms with van der Waals surface area (Å²) in [6.45, 7) is 1.34. The lowest BCUT2D eigenvalue weighted by Gasteiger charge is -2.00. The molecule has 120 valence electrons. The van der Waals surface area contributed by atoms with Crippen molar-refractivity contribution in [2.75, 3.05) is 0 Å². The number of cyclic esters (lactones) is 1. The van der Waals surface area contributed by atoms with E-state index in [0.29, 0.717) is 11.3 Å². The predicted molar refractivity (Wildman–Crippen MR) is 92.5 cm³/mol. The molecule has 0 radical (unpaired) electrons. The second-order valence-electron chi connectivity index (χ2n) is 5.01. The first kappa shape index (κ1) is 16.1. The molecule has 0 amide bonds. The normalized spacial score (nSPS) is 15.2. The van der Waals surface area contributed by atoms with Crippen LogP contribution in [0.1, 0.15) is 18.1 Å². The first-order chi connectivity index (χ1) is 11.5. The van der Waals surface area contributed by atoms with E-state index in [4.69, 9.17) is 9.47 Å². The highest BCUT2D eigenvalue weighted by atomic mass is 79.9. The molecule has 6 heteroatoms. The molecule has 0 aromatic heterocycles. The number of rotatable bonds is 3. The van der Waals surface area contributed by atoms with Crippen molar-refractivity contribution in [2.24, 2.45) is 4.99 Å². The van der Waals surface area contributed by atoms with E-state index in [1.165, 1.54) is 6.92 Å². The molecular weight excluding hydrogens is 374 g/mol. The van der Waals surface area contributed by atoms with Crippen LogP contribution in [0.5, 0.6) is 5.75 Å². The third-order valence-corrected chi connectivity index (χ3v) is 3.63. The maximum Gasteiger partial charge on any atom is 0.363 e. The van der Waals surface area contributed by atoms with Gasteiger partial charge in [-0.05, 0) is 42.0 Å². The summed E-state index contributed by atoms with van der Waals surface area (Å²) in [5, 5.41) is 0. The van der Waals surface area contributed by atoms with Gasteiger partial charge in [-0.2, -0.15) is 0 Å². The standard InChI is InChI=1S/C18H12BrNO4/c1-11(21)23-15-7-5-12(6-8-15)9-16-18(22)24-17(20-16)13-3-2-4-14(19)10-13/h2-10H,1H3. The molecule has 0 fully saturated rings. The van der Waals surface area contributed by atoms with E-state index < -0.39 is 5.97 Å². The number of halogens is 1. The molecule has 5 nitrogen and oxygen atoms in total. The summed E-state index contributed by atoms with van der Waals surface area (Å²) in [6.07, 6.45) is 1.62. The Bertz CT molecular complexity index is 869. The van der Waals surface area contributed by atoms with Crippen LogP contribution in [0.25, 0.3) is 6.08 Å². The lowest BCUT2D eigenvalue weighted by molar-refractivity contribution is -0.132. The summed E-state index contributed by atoms with van der Waals surface area (Å²) >= 11 is 3.37. The van der Waals surface area contributed by atoms with E-state index in [0.717, 1.165) is 10.0 Å². The first-order valence-corrected chi connectivity index (χ1v) is 7.87. The highest BCUT2D eigenvalue weighted by molar-refractivity contribution is 9.10. The number of esters is 2. The molecular formula is C18H12BrNO4. The number of hydrogen-bond acceptors (Lipinski definition) is 5. The van der Waals surface area contributed by atoms with Crippen molar-refractivity contribution in [1.29, 1.82) is 0 Å². The van der Waals surface area contributed by atoms with E-state index in [-0.39, 0.29) is 17.6 Å². The van der Waals surface area contributed by atoms with Crippen molar-refractivity contribution in [3.8, 4) is 5.75 Å². The molecule has 1 heterocycles. The number of aliphatic imine (C=N–C) groups is 1. The monoisotopic (exact) mass is 385 g/mol. The van der Waals surface area contributed by atoms with Gasteiger partial charge in [0.15, 0.2) is 5.70 Å². The average molecular weight is 386 g/mol. The number of nitrogens with zero attached hydrogens (tertiary/aromatic N) is 1. The van der Waals surface area contributed by atoms with Crippen molar-refractivity contribution >= 4 is 39.8 Å². The molecule has 0 N–H and O–H groups in total. The first-order valence-electron chi connectivity index (χ1n) is 7.08. The minimum absolute atomic E-state index is 0.213. The Labute approximate surface area is 146 Å². The van der Waals surface area contributed by atoms with Gasteiger partial charge in [-0.15, -0.1) is 0 Å². The van der Waals surface area contributed by atoms with Gasteiger partial charge >= 0.3 is 11.9 Å². The highest BCUT2D eigenvalue weighted by Crippen LogP contribution is 2.22. The van der Waals surface area contributed by atoms with Crippen LogP contribution in [-0.2, 0) is 14.3 Å². The topological polar surface area (TPSA) is 65.0 Å². The van der Waals surface area contributed by atoms with Crippen molar-refractivity contribution < 1.29 is 19.1 Å². The predicted octanol–water partition coefficient (Wildman–Crippen LogP) is 3.72. The van der Waals surface area contributed by atoms with Gasteiger partial charge in [0, 0.05) is 17.0 Å². The van der Waals surface area contributed by atoms with Crippen LogP contribution >= 0.6 is 15.9 Å². The quantitative estimate of drug-likeness (QED) is 0.458. The van der Waals surface area contributed by atoms with E-state index >= 15 is 0 Å². The third kappa shape index (κ3) is 3.78. The zero-order valence-corrected chi connectivity index (χ0v) is 14.2. The fourth-order valence-electron chi connectivity index (χ4n) is 2.11. The number of carbonyl (C=O) groups is 2. The lowest BCUT2D eigenvalue weighted by Crippen LogP contribution is -2.05. The number of ether oxygens (including phenoxy) is 2. The zero-order chi connectivity index (χ0) is 17.1. The van der Waals surface area contributed by atoms with E-state index in [2.05, 4.69) is 20.9 Å². The van der Waals surface area contributed by atoms with Gasteiger partial charge in [0.2, 0.25) is 5.90 Å². The summed E-state index contributed by atoms with van der Waals surface area (Å²) in [6, 6.07) is 14.1. The van der Waals surface area contributed by atoms with Gasteiger partial charge in [-0.25, -0.2) is 9.79 Å². The second-order valence-corrected chi connectivity index (χ2v) is 5.92. The Morgan fingerprint density at radius 2 is 1.96 bits per heavy atom. The molecule has 24 heavy (non-hydrogen) atoms. The molecule has 0 aliphatic carbocycles. The maximum atomic E-state index is 12.0. The van der Waals surface area contributed by atoms with Crippen molar-refractivity contribution in [1.82, 2.24) is 0 Å². The Morgan fingerprint density at radius 1 is 1.21 bits per heavy atom. The van der Waals surface area contributed by atoms with Gasteiger partial charge in [0.1, 0.15) is 5.75 Å². The van der Waals surface area contributed by atoms with Gasteiger partial charge in [0.25, 0.3) is 0 Å². The second kappa shape index (κ2) is 6.80. The lowest BCUT2D eigenvalue weighted by atomic mass is 10.2. The molecule has 0 bridgehead atoms. The molecule has 0 saturated heterocycles. The summed E-state index contributed by atoms with van der Waals surface area (Å²) in [5.74, 6) is -0.182. The Balaban J connectivity index is 1.84. The van der Waals surface area contributed by atoms with Crippen molar-refractivity contribution in [3.63, 3.8) is 0 Å². The fourth-order valence-corrected chi connectivity index (χ4v) is 2.51. The average Bonchev–Trinajstić information content (AvgIpc) is 2.90. The maximum absolute atomic E-state index is 12.0.